The van der Waals surface area contributed by atoms with E-state index in [1.54, 1.807) is 0 Å². The summed E-state index contributed by atoms with van der Waals surface area (Å²) in [6.07, 6.45) is 0.888. The van der Waals surface area contributed by atoms with Crippen molar-refractivity contribution >= 4 is 11.6 Å². The van der Waals surface area contributed by atoms with Gasteiger partial charge < -0.3 is 5.32 Å². The van der Waals surface area contributed by atoms with Gasteiger partial charge in [-0.1, -0.05) is 25.4 Å². The fourth-order valence-electron chi connectivity index (χ4n) is 1.26. The van der Waals surface area contributed by atoms with Crippen LogP contribution in [0.2, 0.25) is 5.02 Å². The molecule has 0 aliphatic rings. The van der Waals surface area contributed by atoms with Crippen LogP contribution in [0.15, 0.2) is 0 Å². The van der Waals surface area contributed by atoms with Gasteiger partial charge in [-0.3, -0.25) is 4.68 Å². The van der Waals surface area contributed by atoms with E-state index in [2.05, 4.69) is 24.3 Å². The molecule has 13 heavy (non-hydrogen) atoms. The van der Waals surface area contributed by atoms with Gasteiger partial charge in [0.05, 0.1) is 16.4 Å². The summed E-state index contributed by atoms with van der Waals surface area (Å²) in [6, 6.07) is 0. The predicted molar refractivity (Wildman–Crippen MR) is 55.0 cm³/mol. The average Bonchev–Trinajstić information content (AvgIpc) is 2.39. The smallest absolute Gasteiger partial charge is 0.0863 e. The van der Waals surface area contributed by atoms with Gasteiger partial charge in [-0.2, -0.15) is 5.10 Å². The van der Waals surface area contributed by atoms with Crippen LogP contribution < -0.4 is 5.32 Å². The molecule has 0 saturated heterocycles. The second-order valence-electron chi connectivity index (χ2n) is 2.96. The third kappa shape index (κ3) is 2.23. The van der Waals surface area contributed by atoms with E-state index < -0.39 is 0 Å². The summed E-state index contributed by atoms with van der Waals surface area (Å²) < 4.78 is 1.85. The van der Waals surface area contributed by atoms with E-state index in [1.807, 2.05) is 11.7 Å². The van der Waals surface area contributed by atoms with Gasteiger partial charge in [0.25, 0.3) is 0 Å². The molecule has 4 heteroatoms. The second kappa shape index (κ2) is 4.63. The van der Waals surface area contributed by atoms with Crippen LogP contribution in [0.5, 0.6) is 0 Å². The Morgan fingerprint density at radius 2 is 2.15 bits per heavy atom. The van der Waals surface area contributed by atoms with Gasteiger partial charge in [-0.15, -0.1) is 0 Å². The second-order valence-corrected chi connectivity index (χ2v) is 3.34. The minimum atomic E-state index is 0.791. The highest BCUT2D eigenvalue weighted by atomic mass is 35.5. The van der Waals surface area contributed by atoms with Crippen molar-refractivity contribution in [3.63, 3.8) is 0 Å². The first-order valence-corrected chi connectivity index (χ1v) is 4.99. The van der Waals surface area contributed by atoms with Crippen molar-refractivity contribution in [3.05, 3.63) is 16.4 Å². The van der Waals surface area contributed by atoms with Gasteiger partial charge in [-0.05, 0) is 13.0 Å². The van der Waals surface area contributed by atoms with Crippen molar-refractivity contribution in [3.8, 4) is 0 Å². The minimum Gasteiger partial charge on any atom is -0.311 e. The number of aryl methyl sites for hydroxylation is 2. The van der Waals surface area contributed by atoms with E-state index in [1.165, 1.54) is 0 Å². The van der Waals surface area contributed by atoms with Crippen LogP contribution in [0, 0.1) is 0 Å². The van der Waals surface area contributed by atoms with E-state index in [9.17, 15) is 0 Å². The molecule has 3 nitrogen and oxygen atoms in total. The van der Waals surface area contributed by atoms with E-state index in [0.717, 1.165) is 35.9 Å². The Labute approximate surface area is 84.1 Å². The highest BCUT2D eigenvalue weighted by Gasteiger charge is 2.11. The first-order valence-electron chi connectivity index (χ1n) is 4.61. The largest absolute Gasteiger partial charge is 0.311 e. The highest BCUT2D eigenvalue weighted by Crippen LogP contribution is 2.20. The van der Waals surface area contributed by atoms with Gasteiger partial charge in [0, 0.05) is 13.6 Å². The lowest BCUT2D eigenvalue weighted by molar-refractivity contribution is 0.639. The van der Waals surface area contributed by atoms with Crippen molar-refractivity contribution in [1.29, 1.82) is 0 Å². The number of hydrogen-bond donors (Lipinski definition) is 1. The van der Waals surface area contributed by atoms with E-state index in [-0.39, 0.29) is 0 Å². The molecule has 0 fully saturated rings. The highest BCUT2D eigenvalue weighted by molar-refractivity contribution is 6.31. The normalized spacial score (nSPS) is 10.8. The van der Waals surface area contributed by atoms with Crippen LogP contribution in [0.4, 0.5) is 0 Å². The molecule has 0 spiro atoms. The number of rotatable bonds is 4. The zero-order chi connectivity index (χ0) is 9.84. The molecule has 0 radical (unpaired) electrons. The number of nitrogens with one attached hydrogen (secondary N) is 1. The van der Waals surface area contributed by atoms with Gasteiger partial charge >= 0.3 is 0 Å². The summed E-state index contributed by atoms with van der Waals surface area (Å²) >= 11 is 6.14. The topological polar surface area (TPSA) is 29.9 Å². The van der Waals surface area contributed by atoms with Crippen molar-refractivity contribution in [1.82, 2.24) is 15.1 Å². The number of hydrogen-bond acceptors (Lipinski definition) is 2. The Hall–Kier alpha value is -0.540. The number of aromatic nitrogens is 2. The van der Waals surface area contributed by atoms with Crippen molar-refractivity contribution < 1.29 is 0 Å². The molecule has 0 aliphatic carbocycles. The van der Waals surface area contributed by atoms with Crippen LogP contribution in [-0.4, -0.2) is 16.3 Å². The van der Waals surface area contributed by atoms with Crippen molar-refractivity contribution in [2.24, 2.45) is 7.05 Å². The van der Waals surface area contributed by atoms with Crippen LogP contribution >= 0.6 is 11.6 Å². The molecule has 0 saturated carbocycles. The van der Waals surface area contributed by atoms with Crippen LogP contribution in [0.1, 0.15) is 25.2 Å². The summed E-state index contributed by atoms with van der Waals surface area (Å²) in [6.45, 7) is 5.87. The zero-order valence-electron chi connectivity index (χ0n) is 8.39. The van der Waals surface area contributed by atoms with Crippen LogP contribution in [0.3, 0.4) is 0 Å². The Bertz CT molecular complexity index is 281. The van der Waals surface area contributed by atoms with E-state index in [4.69, 9.17) is 11.6 Å². The maximum absolute atomic E-state index is 6.14. The molecule has 1 heterocycles. The van der Waals surface area contributed by atoms with Gasteiger partial charge in [0.2, 0.25) is 0 Å². The zero-order valence-corrected chi connectivity index (χ0v) is 9.15. The maximum Gasteiger partial charge on any atom is 0.0863 e. The summed E-state index contributed by atoms with van der Waals surface area (Å²) in [5.74, 6) is 0. The average molecular weight is 202 g/mol. The SMILES string of the molecule is CCNCc1c(Cl)c(CC)nn1C. The summed E-state index contributed by atoms with van der Waals surface area (Å²) in [7, 11) is 1.93. The lowest BCUT2D eigenvalue weighted by atomic mass is 10.3. The quantitative estimate of drug-likeness (QED) is 0.805. The summed E-state index contributed by atoms with van der Waals surface area (Å²) in [5, 5.41) is 8.38. The van der Waals surface area contributed by atoms with E-state index in [0.29, 0.717) is 0 Å². The lowest BCUT2D eigenvalue weighted by Crippen LogP contribution is -2.14. The molecule has 0 atom stereocenters. The summed E-state index contributed by atoms with van der Waals surface area (Å²) in [4.78, 5) is 0. The number of halogens is 1. The third-order valence-corrected chi connectivity index (χ3v) is 2.48. The first kappa shape index (κ1) is 10.5. The predicted octanol–water partition coefficient (Wildman–Crippen LogP) is 1.75. The van der Waals surface area contributed by atoms with Gasteiger partial charge in [0.15, 0.2) is 0 Å². The fraction of sp³-hybridized carbons (Fsp3) is 0.667. The number of nitrogens with zero attached hydrogens (tertiary/aromatic N) is 2. The van der Waals surface area contributed by atoms with Crippen LogP contribution in [0.25, 0.3) is 0 Å². The lowest BCUT2D eigenvalue weighted by Gasteiger charge is -2.02. The molecule has 0 bridgehead atoms. The van der Waals surface area contributed by atoms with Crippen molar-refractivity contribution in [2.45, 2.75) is 26.8 Å². The molecule has 0 aromatic carbocycles. The molecular formula is C9H16ClN3. The van der Waals surface area contributed by atoms with E-state index >= 15 is 0 Å². The molecule has 0 unspecified atom stereocenters. The molecular weight excluding hydrogens is 186 g/mol. The monoisotopic (exact) mass is 201 g/mol. The Morgan fingerprint density at radius 1 is 1.46 bits per heavy atom. The van der Waals surface area contributed by atoms with Crippen molar-refractivity contribution in [2.75, 3.05) is 6.54 Å². The van der Waals surface area contributed by atoms with Crippen LogP contribution in [-0.2, 0) is 20.0 Å². The molecule has 1 aromatic rings. The molecule has 1 aromatic heterocycles. The standard InChI is InChI=1S/C9H16ClN3/c1-4-7-9(10)8(6-11-5-2)13(3)12-7/h11H,4-6H2,1-3H3. The summed E-state index contributed by atoms with van der Waals surface area (Å²) in [5.41, 5.74) is 2.05. The molecule has 0 aliphatic heterocycles. The Morgan fingerprint density at radius 3 is 2.62 bits per heavy atom. The Balaban J connectivity index is 2.85. The molecule has 74 valence electrons. The van der Waals surface area contributed by atoms with Gasteiger partial charge in [-0.25, -0.2) is 0 Å². The Kier molecular flexibility index (Phi) is 3.75. The third-order valence-electron chi connectivity index (χ3n) is 2.05. The first-order chi connectivity index (χ1) is 6.20. The molecule has 1 rings (SSSR count). The molecule has 0 amide bonds. The fourth-order valence-corrected chi connectivity index (χ4v) is 1.62. The maximum atomic E-state index is 6.14. The van der Waals surface area contributed by atoms with Gasteiger partial charge in [0.1, 0.15) is 0 Å². The molecule has 1 N–H and O–H groups in total. The minimum absolute atomic E-state index is 0.791.